The Balaban J connectivity index is 2.32. The lowest BCUT2D eigenvalue weighted by Gasteiger charge is -2.15. The zero-order chi connectivity index (χ0) is 6.81. The number of nitrogens with zero attached hydrogens (tertiary/aromatic N) is 2. The fourth-order valence-corrected chi connectivity index (χ4v) is 1.21. The predicted octanol–water partition coefficient (Wildman–Crippen LogP) is 0.889. The van der Waals surface area contributed by atoms with E-state index in [1.54, 1.807) is 0 Å². The molecule has 2 aliphatic rings. The van der Waals surface area contributed by atoms with Crippen LogP contribution in [-0.4, -0.2) is 18.8 Å². The molecular weight excluding hydrogens is 124 g/mol. The third-order valence-electron chi connectivity index (χ3n) is 1.77. The molecule has 51 valence electrons. The topological polar surface area (TPSA) is 26.5 Å². The van der Waals surface area contributed by atoms with Gasteiger partial charge in [-0.3, -0.25) is 4.99 Å². The smallest absolute Gasteiger partial charge is 0.0590 e. The molecule has 0 aliphatic carbocycles. The van der Waals surface area contributed by atoms with Crippen LogP contribution in [0.25, 0.3) is 0 Å². The first-order valence-electron chi connectivity index (χ1n) is 3.51. The van der Waals surface area contributed by atoms with E-state index >= 15 is 0 Å². The van der Waals surface area contributed by atoms with E-state index in [2.05, 4.69) is 22.5 Å². The fourth-order valence-electron chi connectivity index (χ4n) is 1.21. The van der Waals surface area contributed by atoms with Crippen LogP contribution in [-0.2, 0) is 0 Å². The van der Waals surface area contributed by atoms with Crippen molar-refractivity contribution >= 4 is 5.71 Å². The highest BCUT2D eigenvalue weighted by Crippen LogP contribution is 2.12. The van der Waals surface area contributed by atoms with Crippen molar-refractivity contribution in [2.24, 2.45) is 4.99 Å². The Morgan fingerprint density at radius 3 is 3.30 bits per heavy atom. The summed E-state index contributed by atoms with van der Waals surface area (Å²) in [5.74, 6) is 0. The average molecular weight is 133 g/mol. The van der Waals surface area contributed by atoms with E-state index in [0.717, 1.165) is 25.2 Å². The summed E-state index contributed by atoms with van der Waals surface area (Å²) in [7, 11) is 0. The standard InChI is InChI=1S/C8H9N2/c1-2-7-3-5-9-6-8(7)10-4-1/h1,3-4H,2,5-6H2. The molecule has 0 bridgehead atoms. The van der Waals surface area contributed by atoms with Crippen molar-refractivity contribution in [1.82, 2.24) is 5.32 Å². The molecule has 10 heavy (non-hydrogen) atoms. The summed E-state index contributed by atoms with van der Waals surface area (Å²) in [4.78, 5) is 4.23. The number of hydrogen-bond acceptors (Lipinski definition) is 1. The van der Waals surface area contributed by atoms with E-state index in [-0.39, 0.29) is 0 Å². The first-order valence-corrected chi connectivity index (χ1v) is 3.51. The Labute approximate surface area is 60.3 Å². The molecule has 0 spiro atoms. The fraction of sp³-hybridized carbons (Fsp3) is 0.375. The van der Waals surface area contributed by atoms with Gasteiger partial charge in [-0.2, -0.15) is 0 Å². The van der Waals surface area contributed by atoms with Gasteiger partial charge in [-0.05, 0) is 12.0 Å². The summed E-state index contributed by atoms with van der Waals surface area (Å²) in [5, 5.41) is 4.22. The van der Waals surface area contributed by atoms with Gasteiger partial charge in [0.15, 0.2) is 0 Å². The molecule has 0 aromatic carbocycles. The van der Waals surface area contributed by atoms with Gasteiger partial charge in [-0.1, -0.05) is 12.2 Å². The summed E-state index contributed by atoms with van der Waals surface area (Å²) in [6.07, 6.45) is 7.16. The number of hydrogen-bond donors (Lipinski definition) is 0. The highest BCUT2D eigenvalue weighted by molar-refractivity contribution is 6.03. The van der Waals surface area contributed by atoms with Crippen molar-refractivity contribution in [3.05, 3.63) is 23.9 Å². The summed E-state index contributed by atoms with van der Waals surface area (Å²) >= 11 is 0. The minimum absolute atomic E-state index is 0.816. The second-order valence-corrected chi connectivity index (χ2v) is 2.46. The molecule has 2 rings (SSSR count). The third kappa shape index (κ3) is 0.907. The molecule has 2 heteroatoms. The first-order chi connectivity index (χ1) is 4.97. The molecule has 0 atom stereocenters. The molecule has 0 N–H and O–H groups in total. The van der Waals surface area contributed by atoms with E-state index in [1.165, 1.54) is 5.57 Å². The average Bonchev–Trinajstić information content (AvgIpc) is 2.05. The lowest BCUT2D eigenvalue weighted by atomic mass is 10.0. The van der Waals surface area contributed by atoms with Crippen molar-refractivity contribution in [2.75, 3.05) is 13.1 Å². The van der Waals surface area contributed by atoms with E-state index in [1.807, 2.05) is 6.20 Å². The van der Waals surface area contributed by atoms with Crippen molar-refractivity contribution in [3.8, 4) is 0 Å². The van der Waals surface area contributed by atoms with Crippen LogP contribution in [0.5, 0.6) is 0 Å². The van der Waals surface area contributed by atoms with Gasteiger partial charge in [0.1, 0.15) is 0 Å². The largest absolute Gasteiger partial charge is 0.260 e. The van der Waals surface area contributed by atoms with Gasteiger partial charge in [0.05, 0.1) is 12.3 Å². The molecule has 0 fully saturated rings. The Kier molecular flexibility index (Phi) is 1.40. The van der Waals surface area contributed by atoms with E-state index < -0.39 is 0 Å². The monoisotopic (exact) mass is 133 g/mol. The first kappa shape index (κ1) is 5.86. The molecule has 0 aromatic heterocycles. The van der Waals surface area contributed by atoms with Gasteiger partial charge in [-0.25, -0.2) is 5.32 Å². The van der Waals surface area contributed by atoms with Crippen LogP contribution in [0.4, 0.5) is 0 Å². The molecule has 0 aromatic rings. The van der Waals surface area contributed by atoms with Crippen LogP contribution < -0.4 is 5.32 Å². The zero-order valence-electron chi connectivity index (χ0n) is 5.75. The predicted molar refractivity (Wildman–Crippen MR) is 41.1 cm³/mol. The Morgan fingerprint density at radius 1 is 1.40 bits per heavy atom. The van der Waals surface area contributed by atoms with Gasteiger partial charge in [0, 0.05) is 12.7 Å². The van der Waals surface area contributed by atoms with Crippen LogP contribution >= 0.6 is 0 Å². The molecular formula is C8H9N2. The normalized spacial score (nSPS) is 23.2. The van der Waals surface area contributed by atoms with Crippen molar-refractivity contribution in [2.45, 2.75) is 6.42 Å². The molecule has 2 nitrogen and oxygen atoms in total. The summed E-state index contributed by atoms with van der Waals surface area (Å²) in [5.41, 5.74) is 2.53. The highest BCUT2D eigenvalue weighted by Gasteiger charge is 2.11. The SMILES string of the molecule is C1=CN=C2C[N]CC=C2C1. The maximum absolute atomic E-state index is 4.23. The summed E-state index contributed by atoms with van der Waals surface area (Å²) in [6, 6.07) is 0. The second-order valence-electron chi connectivity index (χ2n) is 2.46. The quantitative estimate of drug-likeness (QED) is 0.469. The molecule has 0 unspecified atom stereocenters. The van der Waals surface area contributed by atoms with Crippen LogP contribution in [0, 0.1) is 0 Å². The van der Waals surface area contributed by atoms with Crippen LogP contribution in [0.2, 0.25) is 0 Å². The molecule has 2 heterocycles. The Bertz CT molecular complexity index is 223. The van der Waals surface area contributed by atoms with Crippen molar-refractivity contribution < 1.29 is 0 Å². The summed E-state index contributed by atoms with van der Waals surface area (Å²) < 4.78 is 0. The van der Waals surface area contributed by atoms with Crippen LogP contribution in [0.15, 0.2) is 28.9 Å². The lowest BCUT2D eigenvalue weighted by Crippen LogP contribution is -2.24. The van der Waals surface area contributed by atoms with Crippen molar-refractivity contribution in [3.63, 3.8) is 0 Å². The molecule has 0 saturated carbocycles. The van der Waals surface area contributed by atoms with Gasteiger partial charge in [0.2, 0.25) is 0 Å². The minimum Gasteiger partial charge on any atom is -0.260 e. The van der Waals surface area contributed by atoms with Gasteiger partial charge >= 0.3 is 0 Å². The van der Waals surface area contributed by atoms with Gasteiger partial charge in [0.25, 0.3) is 0 Å². The highest BCUT2D eigenvalue weighted by atomic mass is 14.9. The van der Waals surface area contributed by atoms with Gasteiger partial charge < -0.3 is 0 Å². The van der Waals surface area contributed by atoms with Gasteiger partial charge in [-0.15, -0.1) is 0 Å². The molecule has 2 aliphatic heterocycles. The number of rotatable bonds is 0. The molecule has 0 saturated heterocycles. The second kappa shape index (κ2) is 2.39. The maximum Gasteiger partial charge on any atom is 0.0590 e. The number of aliphatic imine (C=N–C) groups is 1. The number of allylic oxidation sites excluding steroid dienone is 1. The van der Waals surface area contributed by atoms with Crippen LogP contribution in [0.3, 0.4) is 0 Å². The Morgan fingerprint density at radius 2 is 2.40 bits per heavy atom. The minimum atomic E-state index is 0.816. The zero-order valence-corrected chi connectivity index (χ0v) is 5.75. The third-order valence-corrected chi connectivity index (χ3v) is 1.77. The number of fused-ring (bicyclic) bond motifs is 1. The maximum atomic E-state index is 4.23. The van der Waals surface area contributed by atoms with E-state index in [4.69, 9.17) is 0 Å². The van der Waals surface area contributed by atoms with E-state index in [0.29, 0.717) is 0 Å². The molecule has 0 amide bonds. The molecule has 1 radical (unpaired) electrons. The van der Waals surface area contributed by atoms with Crippen LogP contribution in [0.1, 0.15) is 6.42 Å². The van der Waals surface area contributed by atoms with Crippen molar-refractivity contribution in [1.29, 1.82) is 0 Å². The van der Waals surface area contributed by atoms with E-state index in [9.17, 15) is 0 Å². The summed E-state index contributed by atoms with van der Waals surface area (Å²) in [6.45, 7) is 1.69. The lowest BCUT2D eigenvalue weighted by molar-refractivity contribution is 0.816. The Hall–Kier alpha value is -0.890.